The highest BCUT2D eigenvalue weighted by atomic mass is 15.4. The largest absolute Gasteiger partial charge is 0.363 e. The molecule has 0 spiro atoms. The highest BCUT2D eigenvalue weighted by molar-refractivity contribution is 5.47. The Morgan fingerprint density at radius 1 is 1.33 bits per heavy atom. The van der Waals surface area contributed by atoms with Gasteiger partial charge in [-0.05, 0) is 31.5 Å². The van der Waals surface area contributed by atoms with Gasteiger partial charge in [0.25, 0.3) is 5.78 Å². The number of aromatic nitrogens is 4. The first-order valence-electron chi connectivity index (χ1n) is 6.61. The molecule has 2 heterocycles. The second kappa shape index (κ2) is 5.21. The van der Waals surface area contributed by atoms with E-state index in [0.29, 0.717) is 11.3 Å². The van der Waals surface area contributed by atoms with Crippen molar-refractivity contribution in [3.63, 3.8) is 0 Å². The maximum absolute atomic E-state index is 8.98. The molecule has 104 valence electrons. The average molecular weight is 278 g/mol. The fourth-order valence-corrected chi connectivity index (χ4v) is 2.22. The van der Waals surface area contributed by atoms with Gasteiger partial charge in [0.2, 0.25) is 0 Å². The number of nitrogens with one attached hydrogen (secondary N) is 1. The molecule has 2 aromatic heterocycles. The fraction of sp³-hybridized carbons (Fsp3) is 0.200. The van der Waals surface area contributed by atoms with Crippen LogP contribution in [0.25, 0.3) is 5.78 Å². The summed E-state index contributed by atoms with van der Waals surface area (Å²) in [6.45, 7) is 3.95. The van der Waals surface area contributed by atoms with Gasteiger partial charge in [0.1, 0.15) is 12.1 Å². The maximum atomic E-state index is 8.98. The predicted octanol–water partition coefficient (Wildman–Crippen LogP) is 2.48. The van der Waals surface area contributed by atoms with Gasteiger partial charge in [-0.1, -0.05) is 12.1 Å². The maximum Gasteiger partial charge on any atom is 0.254 e. The van der Waals surface area contributed by atoms with Crippen molar-refractivity contribution >= 4 is 11.6 Å². The minimum absolute atomic E-state index is 0.0347. The molecule has 0 radical (unpaired) electrons. The van der Waals surface area contributed by atoms with Crippen LogP contribution < -0.4 is 5.32 Å². The third kappa shape index (κ3) is 2.54. The van der Waals surface area contributed by atoms with E-state index in [-0.39, 0.29) is 6.04 Å². The van der Waals surface area contributed by atoms with Crippen LogP contribution in [0.3, 0.4) is 0 Å². The molecule has 3 rings (SSSR count). The van der Waals surface area contributed by atoms with Crippen molar-refractivity contribution in [3.05, 3.63) is 53.5 Å². The van der Waals surface area contributed by atoms with E-state index in [2.05, 4.69) is 26.5 Å². The SMILES string of the molecule is Cc1cc(NC(C)c2cccc(C#N)c2)n2ncnc2n1. The van der Waals surface area contributed by atoms with Crippen molar-refractivity contribution in [1.82, 2.24) is 19.6 Å². The Kier molecular flexibility index (Phi) is 3.24. The molecule has 0 amide bonds. The van der Waals surface area contributed by atoms with E-state index in [1.54, 1.807) is 10.6 Å². The molecule has 1 N–H and O–H groups in total. The van der Waals surface area contributed by atoms with Crippen LogP contribution in [-0.2, 0) is 0 Å². The van der Waals surface area contributed by atoms with E-state index >= 15 is 0 Å². The summed E-state index contributed by atoms with van der Waals surface area (Å²) in [5.74, 6) is 1.39. The van der Waals surface area contributed by atoms with Gasteiger partial charge in [-0.15, -0.1) is 0 Å². The van der Waals surface area contributed by atoms with Gasteiger partial charge in [-0.2, -0.15) is 19.9 Å². The number of benzene rings is 1. The summed E-state index contributed by atoms with van der Waals surface area (Å²) in [5, 5.41) is 16.5. The first kappa shape index (κ1) is 13.1. The average Bonchev–Trinajstić information content (AvgIpc) is 2.95. The van der Waals surface area contributed by atoms with Crippen LogP contribution in [0.4, 0.5) is 5.82 Å². The summed E-state index contributed by atoms with van der Waals surface area (Å²) in [7, 11) is 0. The Morgan fingerprint density at radius 3 is 3.00 bits per heavy atom. The first-order chi connectivity index (χ1) is 10.2. The zero-order valence-corrected chi connectivity index (χ0v) is 11.8. The van der Waals surface area contributed by atoms with Gasteiger partial charge in [-0.25, -0.2) is 4.98 Å². The van der Waals surface area contributed by atoms with Crippen molar-refractivity contribution in [2.24, 2.45) is 0 Å². The molecule has 0 aliphatic heterocycles. The van der Waals surface area contributed by atoms with E-state index < -0.39 is 0 Å². The molecule has 1 unspecified atom stereocenters. The molecule has 21 heavy (non-hydrogen) atoms. The van der Waals surface area contributed by atoms with Gasteiger partial charge in [0.15, 0.2) is 0 Å². The molecular weight excluding hydrogens is 264 g/mol. The molecule has 0 saturated carbocycles. The summed E-state index contributed by atoms with van der Waals surface area (Å²) < 4.78 is 1.66. The van der Waals surface area contributed by atoms with Crippen molar-refractivity contribution in [2.45, 2.75) is 19.9 Å². The lowest BCUT2D eigenvalue weighted by Gasteiger charge is -2.16. The van der Waals surface area contributed by atoms with Crippen molar-refractivity contribution < 1.29 is 0 Å². The molecule has 1 aromatic carbocycles. The Hall–Kier alpha value is -2.94. The smallest absolute Gasteiger partial charge is 0.254 e. The van der Waals surface area contributed by atoms with E-state index in [0.717, 1.165) is 17.1 Å². The van der Waals surface area contributed by atoms with Crippen molar-refractivity contribution in [3.8, 4) is 6.07 Å². The highest BCUT2D eigenvalue weighted by Crippen LogP contribution is 2.20. The summed E-state index contributed by atoms with van der Waals surface area (Å²) in [6.07, 6.45) is 1.48. The molecule has 6 heteroatoms. The Labute approximate surface area is 122 Å². The molecule has 1 atom stereocenters. The zero-order valence-electron chi connectivity index (χ0n) is 11.8. The van der Waals surface area contributed by atoms with Crippen LogP contribution in [0.5, 0.6) is 0 Å². The number of rotatable bonds is 3. The number of anilines is 1. The summed E-state index contributed by atoms with van der Waals surface area (Å²) in [4.78, 5) is 8.42. The van der Waals surface area contributed by atoms with Crippen molar-refractivity contribution in [2.75, 3.05) is 5.32 Å². The molecule has 3 aromatic rings. The number of hydrogen-bond donors (Lipinski definition) is 1. The Morgan fingerprint density at radius 2 is 2.19 bits per heavy atom. The number of nitrogens with zero attached hydrogens (tertiary/aromatic N) is 5. The number of aryl methyl sites for hydroxylation is 1. The molecule has 0 bridgehead atoms. The molecule has 0 fully saturated rings. The summed E-state index contributed by atoms with van der Waals surface area (Å²) in [5.41, 5.74) is 2.56. The van der Waals surface area contributed by atoms with Gasteiger partial charge in [0, 0.05) is 17.8 Å². The highest BCUT2D eigenvalue weighted by Gasteiger charge is 2.10. The van der Waals surface area contributed by atoms with E-state index in [1.165, 1.54) is 6.33 Å². The van der Waals surface area contributed by atoms with Crippen LogP contribution in [0, 0.1) is 18.3 Å². The second-order valence-corrected chi connectivity index (χ2v) is 4.86. The van der Waals surface area contributed by atoms with Gasteiger partial charge < -0.3 is 5.32 Å². The minimum atomic E-state index is 0.0347. The summed E-state index contributed by atoms with van der Waals surface area (Å²) >= 11 is 0. The molecule has 0 aliphatic rings. The van der Waals surface area contributed by atoms with Crippen LogP contribution in [0.2, 0.25) is 0 Å². The second-order valence-electron chi connectivity index (χ2n) is 4.86. The van der Waals surface area contributed by atoms with Gasteiger partial charge in [0.05, 0.1) is 11.6 Å². The number of nitriles is 1. The topological polar surface area (TPSA) is 78.9 Å². The standard InChI is InChI=1S/C15H14N6/c1-10-6-14(21-15(19-10)17-9-18-21)20-11(2)13-5-3-4-12(7-13)8-16/h3-7,9,11,20H,1-2H3. The third-order valence-electron chi connectivity index (χ3n) is 3.26. The van der Waals surface area contributed by atoms with E-state index in [9.17, 15) is 0 Å². The van der Waals surface area contributed by atoms with E-state index in [4.69, 9.17) is 5.26 Å². The number of fused-ring (bicyclic) bond motifs is 1. The lowest BCUT2D eigenvalue weighted by molar-refractivity contribution is 0.837. The fourth-order valence-electron chi connectivity index (χ4n) is 2.22. The predicted molar refractivity (Wildman–Crippen MR) is 78.7 cm³/mol. The minimum Gasteiger partial charge on any atom is -0.363 e. The first-order valence-corrected chi connectivity index (χ1v) is 6.61. The zero-order chi connectivity index (χ0) is 14.8. The van der Waals surface area contributed by atoms with Gasteiger partial charge >= 0.3 is 0 Å². The van der Waals surface area contributed by atoms with Crippen molar-refractivity contribution in [1.29, 1.82) is 5.26 Å². The molecule has 0 aliphatic carbocycles. The van der Waals surface area contributed by atoms with Crippen LogP contribution in [-0.4, -0.2) is 19.6 Å². The Balaban J connectivity index is 1.94. The Bertz CT molecular complexity index is 830. The molecule has 6 nitrogen and oxygen atoms in total. The summed E-state index contributed by atoms with van der Waals surface area (Å²) in [6, 6.07) is 11.7. The molecular formula is C15H14N6. The number of hydrogen-bond acceptors (Lipinski definition) is 5. The third-order valence-corrected chi connectivity index (χ3v) is 3.26. The quantitative estimate of drug-likeness (QED) is 0.796. The lowest BCUT2D eigenvalue weighted by atomic mass is 10.1. The van der Waals surface area contributed by atoms with Gasteiger partial charge in [-0.3, -0.25) is 0 Å². The molecule has 0 saturated heterocycles. The van der Waals surface area contributed by atoms with Crippen LogP contribution in [0.15, 0.2) is 36.7 Å². The van der Waals surface area contributed by atoms with Crippen LogP contribution >= 0.6 is 0 Å². The van der Waals surface area contributed by atoms with Crippen LogP contribution in [0.1, 0.15) is 29.8 Å². The van der Waals surface area contributed by atoms with E-state index in [1.807, 2.05) is 38.1 Å². The lowest BCUT2D eigenvalue weighted by Crippen LogP contribution is -2.11. The monoisotopic (exact) mass is 278 g/mol. The normalized spacial score (nSPS) is 12.0.